The summed E-state index contributed by atoms with van der Waals surface area (Å²) in [5.74, 6) is 1.38. The van der Waals surface area contributed by atoms with Gasteiger partial charge in [0.1, 0.15) is 5.82 Å². The summed E-state index contributed by atoms with van der Waals surface area (Å²) in [4.78, 5) is 15.4. The number of hydrogen-bond acceptors (Lipinski definition) is 3. The van der Waals surface area contributed by atoms with Crippen LogP contribution in [0.1, 0.15) is 33.4 Å². The lowest BCUT2D eigenvalue weighted by Crippen LogP contribution is -2.02. The van der Waals surface area contributed by atoms with Gasteiger partial charge in [0.05, 0.1) is 11.0 Å². The molecule has 0 saturated carbocycles. The first-order valence-electron chi connectivity index (χ1n) is 21.1. The molecule has 0 N–H and O–H groups in total. The third-order valence-electron chi connectivity index (χ3n) is 12.1. The van der Waals surface area contributed by atoms with Crippen LogP contribution in [0.25, 0.3) is 95.0 Å². The van der Waals surface area contributed by atoms with Gasteiger partial charge in [-0.1, -0.05) is 139 Å². The molecular weight excluding hydrogens is 760 g/mol. The average molecular weight is 805 g/mol. The van der Waals surface area contributed by atoms with Crippen molar-refractivity contribution in [1.82, 2.24) is 19.5 Å². The van der Waals surface area contributed by atoms with Gasteiger partial charge < -0.3 is 4.57 Å². The molecule has 0 radical (unpaired) electrons. The van der Waals surface area contributed by atoms with Crippen molar-refractivity contribution in [3.8, 4) is 73.2 Å². The average Bonchev–Trinajstić information content (AvgIpc) is 3.59. The van der Waals surface area contributed by atoms with Crippen molar-refractivity contribution in [1.29, 1.82) is 0 Å². The Bertz CT molecular complexity index is 3130. The van der Waals surface area contributed by atoms with Crippen molar-refractivity contribution in [2.45, 2.75) is 41.5 Å². The number of fused-ring (bicyclic) bond motifs is 3. The summed E-state index contributed by atoms with van der Waals surface area (Å²) >= 11 is 0. The molecule has 300 valence electrons. The fraction of sp³-hybridized carbons (Fsp3) is 0.105. The molecule has 0 saturated heterocycles. The molecule has 0 spiro atoms. The van der Waals surface area contributed by atoms with E-state index in [2.05, 4.69) is 125 Å². The van der Waals surface area contributed by atoms with Gasteiger partial charge in [-0.05, 0) is 134 Å². The summed E-state index contributed by atoms with van der Waals surface area (Å²) in [6, 6.07) is 56.0. The molecule has 10 rings (SSSR count). The SMILES string of the molecule is Cc1cc(C)c(-c2ccc3c4ccc(-c5c(C)cc(C)cc5C)cc4n(-c4ccc(-c5ccc(F)cc5)c(-c5nc(-c6ccccc6)nc(-c6ccccc6)n5)c4)c3c2)c(C)c1. The third-order valence-corrected chi connectivity index (χ3v) is 12.1. The van der Waals surface area contributed by atoms with Crippen LogP contribution in [0.15, 0.2) is 164 Å². The molecule has 2 aromatic heterocycles. The summed E-state index contributed by atoms with van der Waals surface area (Å²) < 4.78 is 16.9. The first-order valence-corrected chi connectivity index (χ1v) is 21.1. The number of aromatic nitrogens is 4. The fourth-order valence-electron chi connectivity index (χ4n) is 9.55. The highest BCUT2D eigenvalue weighted by molar-refractivity contribution is 6.11. The molecule has 0 unspecified atom stereocenters. The molecule has 0 bridgehead atoms. The van der Waals surface area contributed by atoms with Crippen LogP contribution in [0.5, 0.6) is 0 Å². The van der Waals surface area contributed by atoms with Crippen molar-refractivity contribution in [2.24, 2.45) is 0 Å². The summed E-state index contributed by atoms with van der Waals surface area (Å²) in [6.45, 7) is 13.1. The van der Waals surface area contributed by atoms with Gasteiger partial charge in [0, 0.05) is 33.2 Å². The van der Waals surface area contributed by atoms with Gasteiger partial charge >= 0.3 is 0 Å². The lowest BCUT2D eigenvalue weighted by atomic mass is 9.92. The zero-order valence-corrected chi connectivity index (χ0v) is 35.8. The molecular formula is C57H45FN4. The van der Waals surface area contributed by atoms with Gasteiger partial charge in [-0.3, -0.25) is 0 Å². The number of halogens is 1. The minimum absolute atomic E-state index is 0.292. The lowest BCUT2D eigenvalue weighted by molar-refractivity contribution is 0.628. The van der Waals surface area contributed by atoms with Crippen molar-refractivity contribution in [3.05, 3.63) is 203 Å². The van der Waals surface area contributed by atoms with Crippen molar-refractivity contribution in [2.75, 3.05) is 0 Å². The molecule has 0 atom stereocenters. The van der Waals surface area contributed by atoms with Crippen LogP contribution in [-0.4, -0.2) is 19.5 Å². The van der Waals surface area contributed by atoms with Crippen molar-refractivity contribution >= 4 is 21.8 Å². The maximum atomic E-state index is 14.5. The summed E-state index contributed by atoms with van der Waals surface area (Å²) in [6.07, 6.45) is 0. The second kappa shape index (κ2) is 15.5. The van der Waals surface area contributed by atoms with E-state index >= 15 is 0 Å². The number of rotatable bonds is 7. The topological polar surface area (TPSA) is 43.6 Å². The number of aryl methyl sites for hydroxylation is 6. The highest BCUT2D eigenvalue weighted by Crippen LogP contribution is 2.42. The van der Waals surface area contributed by atoms with Crippen LogP contribution in [0.3, 0.4) is 0 Å². The lowest BCUT2D eigenvalue weighted by Gasteiger charge is -2.17. The Balaban J connectivity index is 1.28. The molecule has 0 amide bonds. The Kier molecular flexibility index (Phi) is 9.68. The fourth-order valence-corrected chi connectivity index (χ4v) is 9.55. The van der Waals surface area contributed by atoms with E-state index in [0.717, 1.165) is 55.3 Å². The molecule has 0 fully saturated rings. The van der Waals surface area contributed by atoms with E-state index < -0.39 is 0 Å². The number of benzene rings is 8. The Hall–Kier alpha value is -7.50. The summed E-state index contributed by atoms with van der Waals surface area (Å²) in [5.41, 5.74) is 19.8. The van der Waals surface area contributed by atoms with E-state index in [4.69, 9.17) is 15.0 Å². The Morgan fingerprint density at radius 2 is 0.806 bits per heavy atom. The highest BCUT2D eigenvalue weighted by Gasteiger charge is 2.21. The van der Waals surface area contributed by atoms with Crippen LogP contribution in [-0.2, 0) is 0 Å². The van der Waals surface area contributed by atoms with E-state index in [1.807, 2.05) is 72.8 Å². The maximum absolute atomic E-state index is 14.5. The van der Waals surface area contributed by atoms with Gasteiger partial charge in [-0.25, -0.2) is 19.3 Å². The highest BCUT2D eigenvalue weighted by atomic mass is 19.1. The van der Waals surface area contributed by atoms with E-state index in [1.54, 1.807) is 0 Å². The molecule has 8 aromatic carbocycles. The minimum atomic E-state index is -0.292. The molecule has 0 aliphatic carbocycles. The van der Waals surface area contributed by atoms with Gasteiger partial charge in [0.25, 0.3) is 0 Å². The maximum Gasteiger partial charge on any atom is 0.164 e. The quantitative estimate of drug-likeness (QED) is 0.161. The Morgan fingerprint density at radius 3 is 1.27 bits per heavy atom. The van der Waals surface area contributed by atoms with Crippen LogP contribution < -0.4 is 0 Å². The monoisotopic (exact) mass is 804 g/mol. The largest absolute Gasteiger partial charge is 0.309 e. The molecule has 4 nitrogen and oxygen atoms in total. The standard InChI is InChI=1S/C57H45FN4/c1-34-27-36(3)53(37(4)28-34)43-19-24-48-49-25-20-44(54-38(5)29-35(2)30-39(54)6)32-52(49)62(51(48)31-43)46-23-26-47(40-17-21-45(58)22-18-40)50(33-46)57-60-55(41-13-9-7-10-14-41)59-56(61-57)42-15-11-8-12-16-42/h7-33H,1-6H3. The molecule has 5 heteroatoms. The summed E-state index contributed by atoms with van der Waals surface area (Å²) in [7, 11) is 0. The Labute approximate surface area is 362 Å². The van der Waals surface area contributed by atoms with Gasteiger partial charge in [0.2, 0.25) is 0 Å². The number of nitrogens with zero attached hydrogens (tertiary/aromatic N) is 4. The predicted octanol–water partition coefficient (Wildman–Crippen LogP) is 15.0. The van der Waals surface area contributed by atoms with Crippen LogP contribution in [0.2, 0.25) is 0 Å². The molecule has 10 aromatic rings. The van der Waals surface area contributed by atoms with Crippen LogP contribution in [0.4, 0.5) is 4.39 Å². The normalized spacial score (nSPS) is 11.5. The molecule has 2 heterocycles. The third kappa shape index (κ3) is 6.95. The molecule has 62 heavy (non-hydrogen) atoms. The predicted molar refractivity (Wildman–Crippen MR) is 255 cm³/mol. The molecule has 0 aliphatic rings. The van der Waals surface area contributed by atoms with Gasteiger partial charge in [-0.15, -0.1) is 0 Å². The van der Waals surface area contributed by atoms with E-state index in [0.29, 0.717) is 17.5 Å². The minimum Gasteiger partial charge on any atom is -0.309 e. The van der Waals surface area contributed by atoms with Gasteiger partial charge in [-0.2, -0.15) is 0 Å². The van der Waals surface area contributed by atoms with Crippen molar-refractivity contribution in [3.63, 3.8) is 0 Å². The second-order valence-corrected chi connectivity index (χ2v) is 16.6. The van der Waals surface area contributed by atoms with Crippen LogP contribution in [0, 0.1) is 47.4 Å². The molecule has 0 aliphatic heterocycles. The van der Waals surface area contributed by atoms with Crippen molar-refractivity contribution < 1.29 is 4.39 Å². The Morgan fingerprint density at radius 1 is 0.371 bits per heavy atom. The first kappa shape index (κ1) is 38.7. The number of hydrogen-bond donors (Lipinski definition) is 0. The van der Waals surface area contributed by atoms with E-state index in [1.165, 1.54) is 67.8 Å². The van der Waals surface area contributed by atoms with E-state index in [-0.39, 0.29) is 5.82 Å². The zero-order valence-electron chi connectivity index (χ0n) is 35.8. The zero-order chi connectivity index (χ0) is 42.6. The summed E-state index contributed by atoms with van der Waals surface area (Å²) in [5, 5.41) is 2.33. The second-order valence-electron chi connectivity index (χ2n) is 16.6. The van der Waals surface area contributed by atoms with Crippen LogP contribution >= 0.6 is 0 Å². The first-order chi connectivity index (χ1) is 30.1. The van der Waals surface area contributed by atoms with E-state index in [9.17, 15) is 4.39 Å². The smallest absolute Gasteiger partial charge is 0.164 e. The van der Waals surface area contributed by atoms with Gasteiger partial charge in [0.15, 0.2) is 17.5 Å².